The number of β-amino-alcohol motifs (C(OH)–C–C–N with tert-alkyl or cyclic N) is 1. The van der Waals surface area contributed by atoms with Crippen LogP contribution in [0.2, 0.25) is 0 Å². The van der Waals surface area contributed by atoms with Crippen molar-refractivity contribution in [1.82, 2.24) is 4.90 Å². The molecule has 0 aromatic heterocycles. The Morgan fingerprint density at radius 3 is 2.78 bits per heavy atom. The Morgan fingerprint density at radius 1 is 1.56 bits per heavy atom. The monoisotopic (exact) mass is 256 g/mol. The van der Waals surface area contributed by atoms with Crippen molar-refractivity contribution in [2.75, 3.05) is 13.1 Å². The topological polar surface area (TPSA) is 98.5 Å². The molecule has 1 N–H and O–H groups in total. The van der Waals surface area contributed by atoms with Gasteiger partial charge in [-0.05, 0) is 39.1 Å². The van der Waals surface area contributed by atoms with E-state index in [0.717, 1.165) is 0 Å². The number of carbonyl (C=O) groups is 1. The predicted octanol–water partition coefficient (Wildman–Crippen LogP) is 2.06. The Bertz CT molecular complexity index is 347. The Kier molecular flexibility index (Phi) is 4.81. The first kappa shape index (κ1) is 14.6. The third-order valence-corrected chi connectivity index (χ3v) is 2.57. The van der Waals surface area contributed by atoms with Crippen LogP contribution >= 0.6 is 0 Å². The zero-order chi connectivity index (χ0) is 13.8. The minimum Gasteiger partial charge on any atom is -0.444 e. The van der Waals surface area contributed by atoms with Gasteiger partial charge < -0.3 is 14.7 Å². The number of hydrogen-bond acceptors (Lipinski definition) is 4. The molecule has 1 fully saturated rings. The van der Waals surface area contributed by atoms with E-state index in [1.54, 1.807) is 20.8 Å². The summed E-state index contributed by atoms with van der Waals surface area (Å²) in [7, 11) is 0. The quantitative estimate of drug-likeness (QED) is 0.441. The number of carbonyl (C=O) groups excluding carboxylic acids is 1. The SMILES string of the molecule is CC(C)(C)OC(=O)N1CC[C@@H](N=[N+]=[N-])C[C@@H](O)C1. The van der Waals surface area contributed by atoms with Crippen LogP contribution in [-0.2, 0) is 4.74 Å². The summed E-state index contributed by atoms with van der Waals surface area (Å²) < 4.78 is 5.25. The molecular weight excluding hydrogens is 236 g/mol. The molecule has 0 aliphatic carbocycles. The van der Waals surface area contributed by atoms with Crippen LogP contribution in [0.25, 0.3) is 10.4 Å². The first-order valence-electron chi connectivity index (χ1n) is 6.02. The fourth-order valence-corrected chi connectivity index (χ4v) is 1.83. The summed E-state index contributed by atoms with van der Waals surface area (Å²) in [4.78, 5) is 16.1. The summed E-state index contributed by atoms with van der Waals surface area (Å²) in [5.74, 6) is 0. The number of nitrogens with zero attached hydrogens (tertiary/aromatic N) is 4. The molecule has 0 aromatic rings. The second-order valence-corrected chi connectivity index (χ2v) is 5.46. The highest BCUT2D eigenvalue weighted by atomic mass is 16.6. The molecule has 0 aromatic carbocycles. The molecule has 2 atom stereocenters. The van der Waals surface area contributed by atoms with Gasteiger partial charge in [0.1, 0.15) is 5.60 Å². The highest BCUT2D eigenvalue weighted by Crippen LogP contribution is 2.17. The Morgan fingerprint density at radius 2 is 2.22 bits per heavy atom. The molecule has 18 heavy (non-hydrogen) atoms. The van der Waals surface area contributed by atoms with E-state index in [9.17, 15) is 9.90 Å². The molecule has 1 saturated heterocycles. The van der Waals surface area contributed by atoms with E-state index in [1.807, 2.05) is 0 Å². The molecule has 1 aliphatic heterocycles. The van der Waals surface area contributed by atoms with E-state index >= 15 is 0 Å². The Labute approximate surface area is 106 Å². The van der Waals surface area contributed by atoms with Gasteiger partial charge in [-0.2, -0.15) is 0 Å². The van der Waals surface area contributed by atoms with Crippen molar-refractivity contribution >= 4 is 6.09 Å². The molecule has 1 heterocycles. The summed E-state index contributed by atoms with van der Waals surface area (Å²) >= 11 is 0. The van der Waals surface area contributed by atoms with Crippen LogP contribution in [0.15, 0.2) is 5.11 Å². The van der Waals surface area contributed by atoms with Crippen LogP contribution in [0.5, 0.6) is 0 Å². The molecule has 0 unspecified atom stereocenters. The van der Waals surface area contributed by atoms with Crippen molar-refractivity contribution < 1.29 is 14.6 Å². The number of ether oxygens (including phenoxy) is 1. The largest absolute Gasteiger partial charge is 0.444 e. The van der Waals surface area contributed by atoms with Crippen molar-refractivity contribution in [3.63, 3.8) is 0 Å². The smallest absolute Gasteiger partial charge is 0.410 e. The number of aliphatic hydroxyl groups is 1. The van der Waals surface area contributed by atoms with Crippen LogP contribution in [-0.4, -0.2) is 46.9 Å². The molecule has 0 radical (unpaired) electrons. The normalized spacial score (nSPS) is 25.0. The van der Waals surface area contributed by atoms with Crippen LogP contribution in [0.3, 0.4) is 0 Å². The standard InChI is InChI=1S/C11H20N4O3/c1-11(2,3)18-10(17)15-5-4-8(13-14-12)6-9(16)7-15/h8-9,16H,4-7H2,1-3H3/t8-,9-/m1/s1. The maximum atomic E-state index is 11.9. The number of hydrogen-bond donors (Lipinski definition) is 1. The Balaban J connectivity index is 2.63. The molecular formula is C11H20N4O3. The van der Waals surface area contributed by atoms with E-state index in [2.05, 4.69) is 10.0 Å². The van der Waals surface area contributed by atoms with E-state index in [4.69, 9.17) is 10.3 Å². The summed E-state index contributed by atoms with van der Waals surface area (Å²) in [5, 5.41) is 13.4. The first-order chi connectivity index (χ1) is 8.31. The maximum absolute atomic E-state index is 11.9. The minimum atomic E-state index is -0.685. The summed E-state index contributed by atoms with van der Waals surface area (Å²) in [5.41, 5.74) is 7.84. The maximum Gasteiger partial charge on any atom is 0.410 e. The van der Waals surface area contributed by atoms with Crippen LogP contribution < -0.4 is 0 Å². The molecule has 7 nitrogen and oxygen atoms in total. The van der Waals surface area contributed by atoms with Gasteiger partial charge in [-0.15, -0.1) is 0 Å². The molecule has 0 saturated carbocycles. The average Bonchev–Trinajstić information content (AvgIpc) is 2.38. The number of rotatable bonds is 1. The molecule has 0 bridgehead atoms. The lowest BCUT2D eigenvalue weighted by atomic mass is 10.1. The molecule has 0 spiro atoms. The second-order valence-electron chi connectivity index (χ2n) is 5.46. The zero-order valence-electron chi connectivity index (χ0n) is 11.0. The second kappa shape index (κ2) is 5.93. The lowest BCUT2D eigenvalue weighted by Gasteiger charge is -2.27. The lowest BCUT2D eigenvalue weighted by molar-refractivity contribution is 0.0173. The molecule has 1 aliphatic rings. The minimum absolute atomic E-state index is 0.215. The van der Waals surface area contributed by atoms with Crippen LogP contribution in [0, 0.1) is 0 Å². The number of likely N-dealkylation sites (tertiary alicyclic amines) is 1. The summed E-state index contributed by atoms with van der Waals surface area (Å²) in [6, 6.07) is -0.266. The van der Waals surface area contributed by atoms with E-state index in [0.29, 0.717) is 19.4 Å². The lowest BCUT2D eigenvalue weighted by Crippen LogP contribution is -2.40. The zero-order valence-corrected chi connectivity index (χ0v) is 11.0. The molecule has 1 rings (SSSR count). The van der Waals surface area contributed by atoms with Crippen molar-refractivity contribution in [1.29, 1.82) is 0 Å². The molecule has 7 heteroatoms. The third kappa shape index (κ3) is 4.81. The molecule has 1 amide bonds. The number of aliphatic hydroxyl groups excluding tert-OH is 1. The van der Waals surface area contributed by atoms with Crippen molar-refractivity contribution in [3.05, 3.63) is 10.4 Å². The first-order valence-corrected chi connectivity index (χ1v) is 6.02. The van der Waals surface area contributed by atoms with Gasteiger partial charge in [-0.3, -0.25) is 0 Å². The van der Waals surface area contributed by atoms with Gasteiger partial charge >= 0.3 is 6.09 Å². The fourth-order valence-electron chi connectivity index (χ4n) is 1.83. The van der Waals surface area contributed by atoms with E-state index < -0.39 is 17.8 Å². The van der Waals surface area contributed by atoms with Crippen LogP contribution in [0.1, 0.15) is 33.6 Å². The van der Waals surface area contributed by atoms with E-state index in [-0.39, 0.29) is 12.6 Å². The van der Waals surface area contributed by atoms with Crippen molar-refractivity contribution in [2.45, 2.75) is 51.4 Å². The summed E-state index contributed by atoms with van der Waals surface area (Å²) in [6.07, 6.45) is -0.206. The van der Waals surface area contributed by atoms with Gasteiger partial charge in [0.05, 0.1) is 6.10 Å². The van der Waals surface area contributed by atoms with Gasteiger partial charge in [0.15, 0.2) is 0 Å². The highest BCUT2D eigenvalue weighted by molar-refractivity contribution is 5.68. The summed E-state index contributed by atoms with van der Waals surface area (Å²) in [6.45, 7) is 6.02. The van der Waals surface area contributed by atoms with Gasteiger partial charge in [0.2, 0.25) is 0 Å². The third-order valence-electron chi connectivity index (χ3n) is 2.57. The highest BCUT2D eigenvalue weighted by Gasteiger charge is 2.28. The van der Waals surface area contributed by atoms with Gasteiger partial charge in [-0.25, -0.2) is 4.79 Å². The average molecular weight is 256 g/mol. The van der Waals surface area contributed by atoms with Gasteiger partial charge in [0.25, 0.3) is 0 Å². The fraction of sp³-hybridized carbons (Fsp3) is 0.909. The van der Waals surface area contributed by atoms with Crippen molar-refractivity contribution in [3.8, 4) is 0 Å². The number of amides is 1. The van der Waals surface area contributed by atoms with Gasteiger partial charge in [-0.1, -0.05) is 5.11 Å². The molecule has 102 valence electrons. The van der Waals surface area contributed by atoms with Crippen LogP contribution in [0.4, 0.5) is 4.79 Å². The predicted molar refractivity (Wildman–Crippen MR) is 66.0 cm³/mol. The van der Waals surface area contributed by atoms with Crippen molar-refractivity contribution in [2.24, 2.45) is 5.11 Å². The van der Waals surface area contributed by atoms with E-state index in [1.165, 1.54) is 4.90 Å². The van der Waals surface area contributed by atoms with Gasteiger partial charge in [0, 0.05) is 24.0 Å². The number of azide groups is 1. The Hall–Kier alpha value is -1.46.